The fourth-order valence-corrected chi connectivity index (χ4v) is 2.90. The highest BCUT2D eigenvalue weighted by Gasteiger charge is 2.34. The lowest BCUT2D eigenvalue weighted by molar-refractivity contribution is -0.127. The van der Waals surface area contributed by atoms with Gasteiger partial charge in [-0.1, -0.05) is 35.4 Å². The van der Waals surface area contributed by atoms with Crippen LogP contribution in [0.2, 0.25) is 5.02 Å². The monoisotopic (exact) mass is 399 g/mol. The average Bonchev–Trinajstić information content (AvgIpc) is 2.91. The highest BCUT2D eigenvalue weighted by Crippen LogP contribution is 2.26. The van der Waals surface area contributed by atoms with Crippen molar-refractivity contribution in [3.05, 3.63) is 64.3 Å². The van der Waals surface area contributed by atoms with Crippen LogP contribution in [0, 0.1) is 6.92 Å². The Morgan fingerprint density at radius 1 is 1.21 bits per heavy atom. The summed E-state index contributed by atoms with van der Waals surface area (Å²) >= 11 is 6.07. The molecule has 0 radical (unpaired) electrons. The smallest absolute Gasteiger partial charge is 0.329 e. The minimum Gasteiger partial charge on any atom is -0.495 e. The number of imide groups is 1. The summed E-state index contributed by atoms with van der Waals surface area (Å²) in [5, 5.41) is 5.51. The highest BCUT2D eigenvalue weighted by atomic mass is 35.5. The number of aryl methyl sites for hydroxylation is 1. The van der Waals surface area contributed by atoms with Crippen LogP contribution >= 0.6 is 11.6 Å². The van der Waals surface area contributed by atoms with Gasteiger partial charge in [0.05, 0.1) is 12.1 Å². The molecule has 0 spiro atoms. The van der Waals surface area contributed by atoms with Crippen molar-refractivity contribution in [3.8, 4) is 5.75 Å². The molecule has 1 heterocycles. The Morgan fingerprint density at radius 3 is 2.57 bits per heavy atom. The molecule has 0 saturated carbocycles. The number of carbonyl (C=O) groups is 3. The van der Waals surface area contributed by atoms with E-state index in [0.29, 0.717) is 22.0 Å². The van der Waals surface area contributed by atoms with Crippen LogP contribution in [-0.4, -0.2) is 36.4 Å². The minimum atomic E-state index is -0.657. The number of methoxy groups -OCH3 is 1. The van der Waals surface area contributed by atoms with E-state index in [4.69, 9.17) is 16.3 Å². The van der Waals surface area contributed by atoms with Crippen LogP contribution in [0.1, 0.15) is 11.1 Å². The number of ether oxygens (including phenoxy) is 1. The molecule has 3 rings (SSSR count). The molecule has 1 fully saturated rings. The van der Waals surface area contributed by atoms with E-state index in [1.807, 2.05) is 19.1 Å². The first-order chi connectivity index (χ1) is 13.4. The standard InChI is InChI=1S/C20H18ClN3O4/c1-12-3-6-14(7-4-12)22-18(25)11-24-19(26)16(23-20(24)27)10-13-5-8-17(28-2)15(21)9-13/h3-10H,11H2,1-2H3,(H,22,25)(H,23,27)/b16-10+. The Bertz CT molecular complexity index is 970. The van der Waals surface area contributed by atoms with Crippen molar-refractivity contribution in [2.75, 3.05) is 19.0 Å². The summed E-state index contributed by atoms with van der Waals surface area (Å²) in [6.07, 6.45) is 1.49. The Balaban J connectivity index is 1.69. The van der Waals surface area contributed by atoms with Crippen LogP contribution < -0.4 is 15.4 Å². The third kappa shape index (κ3) is 4.32. The molecule has 0 atom stereocenters. The number of nitrogens with zero attached hydrogens (tertiary/aromatic N) is 1. The molecule has 1 aliphatic rings. The molecule has 1 aliphatic heterocycles. The largest absolute Gasteiger partial charge is 0.495 e. The molecule has 2 aromatic rings. The lowest BCUT2D eigenvalue weighted by Crippen LogP contribution is -2.38. The molecule has 1 saturated heterocycles. The summed E-state index contributed by atoms with van der Waals surface area (Å²) in [7, 11) is 1.50. The fraction of sp³-hybridized carbons (Fsp3) is 0.150. The number of rotatable bonds is 5. The maximum Gasteiger partial charge on any atom is 0.329 e. The summed E-state index contributed by atoms with van der Waals surface area (Å²) in [4.78, 5) is 37.6. The van der Waals surface area contributed by atoms with Gasteiger partial charge < -0.3 is 15.4 Å². The fourth-order valence-electron chi connectivity index (χ4n) is 2.64. The number of nitrogens with one attached hydrogen (secondary N) is 2. The molecular weight excluding hydrogens is 382 g/mol. The molecule has 0 aromatic heterocycles. The maximum absolute atomic E-state index is 12.5. The molecule has 0 aliphatic carbocycles. The van der Waals surface area contributed by atoms with E-state index in [1.165, 1.54) is 13.2 Å². The van der Waals surface area contributed by atoms with Crippen molar-refractivity contribution in [2.45, 2.75) is 6.92 Å². The van der Waals surface area contributed by atoms with Gasteiger partial charge in [-0.25, -0.2) is 9.69 Å². The van der Waals surface area contributed by atoms with E-state index in [0.717, 1.165) is 10.5 Å². The quantitative estimate of drug-likeness (QED) is 0.597. The van der Waals surface area contributed by atoms with Crippen LogP contribution in [0.4, 0.5) is 10.5 Å². The van der Waals surface area contributed by atoms with Gasteiger partial charge in [-0.2, -0.15) is 0 Å². The van der Waals surface area contributed by atoms with Gasteiger partial charge >= 0.3 is 6.03 Å². The van der Waals surface area contributed by atoms with E-state index in [-0.39, 0.29) is 12.2 Å². The van der Waals surface area contributed by atoms with E-state index >= 15 is 0 Å². The molecule has 144 valence electrons. The molecule has 4 amide bonds. The van der Waals surface area contributed by atoms with E-state index in [2.05, 4.69) is 10.6 Å². The number of benzene rings is 2. The lowest BCUT2D eigenvalue weighted by Gasteiger charge is -2.12. The van der Waals surface area contributed by atoms with Crippen molar-refractivity contribution < 1.29 is 19.1 Å². The Labute approximate surface area is 166 Å². The zero-order chi connectivity index (χ0) is 20.3. The second-order valence-electron chi connectivity index (χ2n) is 6.19. The van der Waals surface area contributed by atoms with Crippen molar-refractivity contribution in [1.29, 1.82) is 0 Å². The zero-order valence-corrected chi connectivity index (χ0v) is 16.0. The maximum atomic E-state index is 12.5. The van der Waals surface area contributed by atoms with Crippen molar-refractivity contribution in [3.63, 3.8) is 0 Å². The van der Waals surface area contributed by atoms with Gasteiger partial charge in [0.1, 0.15) is 18.0 Å². The van der Waals surface area contributed by atoms with Crippen LogP contribution in [0.5, 0.6) is 5.75 Å². The van der Waals surface area contributed by atoms with Crippen molar-refractivity contribution >= 4 is 41.2 Å². The summed E-state index contributed by atoms with van der Waals surface area (Å²) in [5.74, 6) is -0.558. The van der Waals surface area contributed by atoms with Gasteiger partial charge in [0.15, 0.2) is 0 Å². The van der Waals surface area contributed by atoms with Gasteiger partial charge in [0.25, 0.3) is 5.91 Å². The first-order valence-electron chi connectivity index (χ1n) is 8.42. The highest BCUT2D eigenvalue weighted by molar-refractivity contribution is 6.32. The van der Waals surface area contributed by atoms with Gasteiger partial charge in [0.2, 0.25) is 5.91 Å². The number of halogens is 1. The number of hydrogen-bond acceptors (Lipinski definition) is 4. The SMILES string of the molecule is COc1ccc(/C=C2/NC(=O)N(CC(=O)Nc3ccc(C)cc3)C2=O)cc1Cl. The summed E-state index contributed by atoms with van der Waals surface area (Å²) in [6, 6.07) is 11.5. The second kappa shape index (κ2) is 8.14. The number of anilines is 1. The van der Waals surface area contributed by atoms with Gasteiger partial charge in [-0.15, -0.1) is 0 Å². The summed E-state index contributed by atoms with van der Waals surface area (Å²) < 4.78 is 5.08. The van der Waals surface area contributed by atoms with Gasteiger partial charge in [-0.05, 0) is 42.8 Å². The first-order valence-corrected chi connectivity index (χ1v) is 8.80. The van der Waals surface area contributed by atoms with E-state index < -0.39 is 17.8 Å². The molecular formula is C20H18ClN3O4. The molecule has 0 unspecified atom stereocenters. The van der Waals surface area contributed by atoms with Crippen LogP contribution in [0.25, 0.3) is 6.08 Å². The number of amides is 4. The predicted molar refractivity (Wildman–Crippen MR) is 106 cm³/mol. The van der Waals surface area contributed by atoms with E-state index in [1.54, 1.807) is 30.3 Å². The first kappa shape index (κ1) is 19.4. The topological polar surface area (TPSA) is 87.7 Å². The number of urea groups is 1. The second-order valence-corrected chi connectivity index (χ2v) is 6.59. The Kier molecular flexibility index (Phi) is 5.65. The Morgan fingerprint density at radius 2 is 1.93 bits per heavy atom. The van der Waals surface area contributed by atoms with Crippen LogP contribution in [0.15, 0.2) is 48.2 Å². The van der Waals surface area contributed by atoms with Gasteiger partial charge in [-0.3, -0.25) is 9.59 Å². The third-order valence-electron chi connectivity index (χ3n) is 4.09. The lowest BCUT2D eigenvalue weighted by atomic mass is 10.2. The zero-order valence-electron chi connectivity index (χ0n) is 15.3. The molecule has 28 heavy (non-hydrogen) atoms. The summed E-state index contributed by atoms with van der Waals surface area (Å²) in [6.45, 7) is 1.54. The van der Waals surface area contributed by atoms with Crippen LogP contribution in [-0.2, 0) is 9.59 Å². The number of carbonyl (C=O) groups excluding carboxylic acids is 3. The average molecular weight is 400 g/mol. The van der Waals surface area contributed by atoms with Crippen molar-refractivity contribution in [2.24, 2.45) is 0 Å². The minimum absolute atomic E-state index is 0.0642. The normalized spacial score (nSPS) is 15.0. The summed E-state index contributed by atoms with van der Waals surface area (Å²) in [5.41, 5.74) is 2.32. The molecule has 0 bridgehead atoms. The molecule has 7 nitrogen and oxygen atoms in total. The predicted octanol–water partition coefficient (Wildman–Crippen LogP) is 3.19. The third-order valence-corrected chi connectivity index (χ3v) is 4.38. The number of hydrogen-bond donors (Lipinski definition) is 2. The van der Waals surface area contributed by atoms with Crippen molar-refractivity contribution in [1.82, 2.24) is 10.2 Å². The van der Waals surface area contributed by atoms with Crippen LogP contribution in [0.3, 0.4) is 0 Å². The van der Waals surface area contributed by atoms with Gasteiger partial charge in [0, 0.05) is 5.69 Å². The molecule has 2 aromatic carbocycles. The molecule has 2 N–H and O–H groups in total. The Hall–Kier alpha value is -3.32. The molecule has 8 heteroatoms. The van der Waals surface area contributed by atoms with E-state index in [9.17, 15) is 14.4 Å².